The lowest BCUT2D eigenvalue weighted by molar-refractivity contribution is -0.204. The van der Waals surface area contributed by atoms with Crippen molar-refractivity contribution in [1.82, 2.24) is 0 Å². The largest absolute Gasteiger partial charge is 0.392 e. The molecule has 4 rings (SSSR count). The molecule has 2 saturated heterocycles. The monoisotopic (exact) mass is 250 g/mol. The summed E-state index contributed by atoms with van der Waals surface area (Å²) >= 11 is 0. The van der Waals surface area contributed by atoms with Gasteiger partial charge >= 0.3 is 0 Å². The van der Waals surface area contributed by atoms with Gasteiger partial charge in [-0.25, -0.2) is 0 Å². The van der Waals surface area contributed by atoms with Crippen LogP contribution in [0.1, 0.15) is 40.0 Å². The third-order valence-electron chi connectivity index (χ3n) is 6.56. The fourth-order valence-corrected chi connectivity index (χ4v) is 4.88. The van der Waals surface area contributed by atoms with Crippen LogP contribution in [0.3, 0.4) is 0 Å². The van der Waals surface area contributed by atoms with Crippen molar-refractivity contribution in [2.45, 2.75) is 63.9 Å². The number of allylic oxidation sites excluding steroid dienone is 1. The van der Waals surface area contributed by atoms with E-state index in [1.807, 2.05) is 0 Å². The molecule has 4 aliphatic rings. The summed E-state index contributed by atoms with van der Waals surface area (Å²) in [5.41, 5.74) is 1.05. The van der Waals surface area contributed by atoms with Gasteiger partial charge in [0.1, 0.15) is 5.60 Å². The van der Waals surface area contributed by atoms with Gasteiger partial charge in [0, 0.05) is 17.3 Å². The van der Waals surface area contributed by atoms with Crippen LogP contribution in [0.15, 0.2) is 11.6 Å². The van der Waals surface area contributed by atoms with Crippen LogP contribution in [0.2, 0.25) is 0 Å². The summed E-state index contributed by atoms with van der Waals surface area (Å²) in [6.07, 6.45) is 5.14. The van der Waals surface area contributed by atoms with Crippen molar-refractivity contribution in [3.8, 4) is 0 Å². The molecule has 100 valence electrons. The summed E-state index contributed by atoms with van der Waals surface area (Å²) < 4.78 is 12.1. The molecule has 3 nitrogen and oxygen atoms in total. The predicted molar refractivity (Wildman–Crippen MR) is 67.2 cm³/mol. The molecule has 6 atom stereocenters. The molecule has 2 unspecified atom stereocenters. The first kappa shape index (κ1) is 11.4. The summed E-state index contributed by atoms with van der Waals surface area (Å²) in [6, 6.07) is 0. The van der Waals surface area contributed by atoms with E-state index in [4.69, 9.17) is 9.47 Å². The maximum absolute atomic E-state index is 10.6. The number of aliphatic hydroxyl groups is 1. The molecule has 0 aromatic carbocycles. The van der Waals surface area contributed by atoms with E-state index in [1.165, 1.54) is 5.57 Å². The minimum atomic E-state index is -0.299. The van der Waals surface area contributed by atoms with Crippen molar-refractivity contribution in [1.29, 1.82) is 0 Å². The molecular weight excluding hydrogens is 228 g/mol. The fourth-order valence-electron chi connectivity index (χ4n) is 4.88. The van der Waals surface area contributed by atoms with Gasteiger partial charge in [-0.2, -0.15) is 0 Å². The molecular formula is C15H22O3. The topological polar surface area (TPSA) is 42.0 Å². The van der Waals surface area contributed by atoms with E-state index in [2.05, 4.69) is 26.8 Å². The molecule has 3 fully saturated rings. The van der Waals surface area contributed by atoms with E-state index in [0.717, 1.165) is 25.9 Å². The number of hydrogen-bond donors (Lipinski definition) is 1. The van der Waals surface area contributed by atoms with Crippen LogP contribution in [0.25, 0.3) is 0 Å². The first-order valence-corrected chi connectivity index (χ1v) is 7.09. The molecule has 0 aromatic heterocycles. The quantitative estimate of drug-likeness (QED) is 0.528. The van der Waals surface area contributed by atoms with Gasteiger partial charge in [-0.15, -0.1) is 0 Å². The molecule has 0 aromatic rings. The average molecular weight is 250 g/mol. The molecule has 0 radical (unpaired) electrons. The average Bonchev–Trinajstić information content (AvgIpc) is 3.08. The van der Waals surface area contributed by atoms with Crippen LogP contribution in [-0.2, 0) is 9.47 Å². The molecule has 2 aliphatic carbocycles. The normalized spacial score (nSPS) is 61.6. The Kier molecular flexibility index (Phi) is 1.92. The first-order valence-electron chi connectivity index (χ1n) is 7.09. The lowest BCUT2D eigenvalue weighted by Crippen LogP contribution is -2.63. The summed E-state index contributed by atoms with van der Waals surface area (Å²) in [7, 11) is 0. The number of aliphatic hydroxyl groups excluding tert-OH is 1. The zero-order chi connectivity index (χ0) is 12.8. The zero-order valence-corrected chi connectivity index (χ0v) is 11.4. The van der Waals surface area contributed by atoms with Crippen molar-refractivity contribution < 1.29 is 14.6 Å². The maximum Gasteiger partial charge on any atom is 0.126 e. The van der Waals surface area contributed by atoms with Crippen LogP contribution in [-0.4, -0.2) is 35.6 Å². The van der Waals surface area contributed by atoms with Gasteiger partial charge in [-0.1, -0.05) is 25.5 Å². The second kappa shape index (κ2) is 3.02. The Morgan fingerprint density at radius 2 is 2.11 bits per heavy atom. The Morgan fingerprint density at radius 1 is 1.39 bits per heavy atom. The Labute approximate surface area is 108 Å². The third kappa shape index (κ3) is 0.972. The van der Waals surface area contributed by atoms with Crippen LogP contribution in [0.5, 0.6) is 0 Å². The van der Waals surface area contributed by atoms with Crippen LogP contribution in [0.4, 0.5) is 0 Å². The van der Waals surface area contributed by atoms with Crippen molar-refractivity contribution >= 4 is 0 Å². The van der Waals surface area contributed by atoms with Crippen molar-refractivity contribution in [3.05, 3.63) is 11.6 Å². The lowest BCUT2D eigenvalue weighted by Gasteiger charge is -2.57. The highest BCUT2D eigenvalue weighted by molar-refractivity contribution is 5.31. The maximum atomic E-state index is 10.6. The molecule has 2 aliphatic heterocycles. The van der Waals surface area contributed by atoms with Crippen LogP contribution < -0.4 is 0 Å². The van der Waals surface area contributed by atoms with E-state index in [0.29, 0.717) is 0 Å². The summed E-state index contributed by atoms with van der Waals surface area (Å²) in [4.78, 5) is 0. The Hall–Kier alpha value is -0.380. The standard InChI is InChI=1S/C15H22O3/c1-9-4-5-13(2)11(6-9)18-12-7-10(16)14(13,3)15(12)8-17-15/h6,10-12,16H,4-5,7-8H2,1-3H3/t10-,11-,12-,13+,14?,15?/m1/s1. The van der Waals surface area contributed by atoms with Crippen molar-refractivity contribution in [2.75, 3.05) is 6.61 Å². The second-order valence-electron chi connectivity index (χ2n) is 7.11. The first-order chi connectivity index (χ1) is 8.44. The number of hydrogen-bond acceptors (Lipinski definition) is 3. The third-order valence-corrected chi connectivity index (χ3v) is 6.56. The van der Waals surface area contributed by atoms with E-state index in [1.54, 1.807) is 0 Å². The molecule has 1 saturated carbocycles. The number of rotatable bonds is 0. The van der Waals surface area contributed by atoms with Crippen molar-refractivity contribution in [3.63, 3.8) is 0 Å². The Bertz CT molecular complexity index is 439. The molecule has 0 amide bonds. The summed E-state index contributed by atoms with van der Waals surface area (Å²) in [5.74, 6) is 0. The summed E-state index contributed by atoms with van der Waals surface area (Å²) in [5, 5.41) is 10.6. The highest BCUT2D eigenvalue weighted by Gasteiger charge is 2.80. The number of ether oxygens (including phenoxy) is 2. The van der Waals surface area contributed by atoms with Gasteiger partial charge in [-0.3, -0.25) is 0 Å². The molecule has 1 N–H and O–H groups in total. The highest BCUT2D eigenvalue weighted by Crippen LogP contribution is 2.71. The molecule has 1 spiro atoms. The fraction of sp³-hybridized carbons (Fsp3) is 0.867. The SMILES string of the molecule is CC1=C[C@H]2O[C@@H]3C[C@@H](O)C(C)(C34CO4)[C@@]2(C)CC1. The Morgan fingerprint density at radius 3 is 2.78 bits per heavy atom. The molecule has 2 heterocycles. The smallest absolute Gasteiger partial charge is 0.126 e. The van der Waals surface area contributed by atoms with Gasteiger partial charge in [0.05, 0.1) is 24.9 Å². The highest BCUT2D eigenvalue weighted by atomic mass is 16.6. The minimum Gasteiger partial charge on any atom is -0.392 e. The summed E-state index contributed by atoms with van der Waals surface area (Å²) in [6.45, 7) is 7.46. The van der Waals surface area contributed by atoms with Gasteiger partial charge in [0.2, 0.25) is 0 Å². The number of fused-ring (bicyclic) bond motifs is 2. The van der Waals surface area contributed by atoms with E-state index in [-0.39, 0.29) is 34.7 Å². The van der Waals surface area contributed by atoms with E-state index < -0.39 is 0 Å². The van der Waals surface area contributed by atoms with E-state index >= 15 is 0 Å². The van der Waals surface area contributed by atoms with Gasteiger partial charge in [-0.05, 0) is 19.8 Å². The minimum absolute atomic E-state index is 0.00454. The van der Waals surface area contributed by atoms with Gasteiger partial charge in [0.15, 0.2) is 0 Å². The lowest BCUT2D eigenvalue weighted by atomic mass is 9.52. The predicted octanol–water partition coefficient (Wildman–Crippen LogP) is 2.04. The number of epoxide rings is 1. The Balaban J connectivity index is 1.88. The van der Waals surface area contributed by atoms with Gasteiger partial charge in [0.25, 0.3) is 0 Å². The van der Waals surface area contributed by atoms with Crippen molar-refractivity contribution in [2.24, 2.45) is 10.8 Å². The molecule has 2 bridgehead atoms. The zero-order valence-electron chi connectivity index (χ0n) is 11.4. The molecule has 18 heavy (non-hydrogen) atoms. The van der Waals surface area contributed by atoms with Crippen LogP contribution >= 0.6 is 0 Å². The second-order valence-corrected chi connectivity index (χ2v) is 7.11. The van der Waals surface area contributed by atoms with Crippen LogP contribution in [0, 0.1) is 10.8 Å². The molecule has 3 heteroatoms. The van der Waals surface area contributed by atoms with Gasteiger partial charge < -0.3 is 14.6 Å². The van der Waals surface area contributed by atoms with E-state index in [9.17, 15) is 5.11 Å².